The quantitative estimate of drug-likeness (QED) is 0.808. The smallest absolute Gasteiger partial charge is 0.0443 e. The molecule has 1 aliphatic carbocycles. The molecule has 2 rings (SSSR count). The number of rotatable bonds is 7. The van der Waals surface area contributed by atoms with Crippen LogP contribution >= 0.6 is 11.6 Å². The lowest BCUT2D eigenvalue weighted by molar-refractivity contribution is 0.212. The highest BCUT2D eigenvalue weighted by atomic mass is 35.5. The summed E-state index contributed by atoms with van der Waals surface area (Å²) >= 11 is 5.99. The zero-order chi connectivity index (χ0) is 12.1. The van der Waals surface area contributed by atoms with Gasteiger partial charge in [0.15, 0.2) is 0 Å². The van der Waals surface area contributed by atoms with Gasteiger partial charge in [0.2, 0.25) is 0 Å². The van der Waals surface area contributed by atoms with Crippen LogP contribution in [0.1, 0.15) is 24.8 Å². The first-order valence-corrected chi connectivity index (χ1v) is 6.73. The van der Waals surface area contributed by atoms with E-state index in [4.69, 9.17) is 16.7 Å². The highest BCUT2D eigenvalue weighted by Crippen LogP contribution is 2.30. The van der Waals surface area contributed by atoms with Crippen LogP contribution in [0.25, 0.3) is 0 Å². The van der Waals surface area contributed by atoms with Gasteiger partial charge in [0.05, 0.1) is 0 Å². The van der Waals surface area contributed by atoms with E-state index < -0.39 is 0 Å². The zero-order valence-electron chi connectivity index (χ0n) is 10.1. The average molecular weight is 254 g/mol. The Morgan fingerprint density at radius 2 is 2.18 bits per heavy atom. The van der Waals surface area contributed by atoms with Crippen LogP contribution in [0.4, 0.5) is 0 Å². The van der Waals surface area contributed by atoms with Crippen molar-refractivity contribution in [3.63, 3.8) is 0 Å². The molecule has 0 spiro atoms. The molecule has 0 radical (unpaired) electrons. The highest BCUT2D eigenvalue weighted by molar-refractivity contribution is 6.30. The minimum atomic E-state index is 0.275. The van der Waals surface area contributed by atoms with Gasteiger partial charge < -0.3 is 5.11 Å². The van der Waals surface area contributed by atoms with E-state index in [0.29, 0.717) is 0 Å². The minimum Gasteiger partial charge on any atom is -0.396 e. The second-order valence-corrected chi connectivity index (χ2v) is 5.32. The molecule has 0 aliphatic heterocycles. The summed E-state index contributed by atoms with van der Waals surface area (Å²) in [6.07, 6.45) is 3.59. The predicted octanol–water partition coefficient (Wildman–Crippen LogP) is 2.93. The Hall–Kier alpha value is -0.570. The van der Waals surface area contributed by atoms with E-state index >= 15 is 0 Å². The maximum atomic E-state index is 8.93. The van der Waals surface area contributed by atoms with Gasteiger partial charge in [-0.15, -0.1) is 0 Å². The molecule has 1 aliphatic rings. The van der Waals surface area contributed by atoms with E-state index in [0.717, 1.165) is 37.0 Å². The molecule has 0 amide bonds. The van der Waals surface area contributed by atoms with Crippen LogP contribution in [0.15, 0.2) is 24.3 Å². The van der Waals surface area contributed by atoms with Gasteiger partial charge in [0.25, 0.3) is 0 Å². The molecule has 0 saturated heterocycles. The second-order valence-electron chi connectivity index (χ2n) is 4.89. The monoisotopic (exact) mass is 253 g/mol. The molecule has 0 bridgehead atoms. The van der Waals surface area contributed by atoms with Gasteiger partial charge in [0, 0.05) is 31.3 Å². The van der Waals surface area contributed by atoms with E-state index in [1.54, 1.807) is 0 Å². The van der Waals surface area contributed by atoms with Crippen LogP contribution in [-0.4, -0.2) is 29.7 Å². The molecule has 0 aromatic heterocycles. The first-order valence-electron chi connectivity index (χ1n) is 6.35. The summed E-state index contributed by atoms with van der Waals surface area (Å²) < 4.78 is 0. The van der Waals surface area contributed by atoms with Crippen molar-refractivity contribution < 1.29 is 5.11 Å². The first kappa shape index (κ1) is 12.9. The van der Waals surface area contributed by atoms with Crippen molar-refractivity contribution in [3.8, 4) is 0 Å². The van der Waals surface area contributed by atoms with Gasteiger partial charge in [-0.05, 0) is 42.9 Å². The average Bonchev–Trinajstić information content (AvgIpc) is 3.10. The molecule has 2 nitrogen and oxygen atoms in total. The van der Waals surface area contributed by atoms with E-state index in [-0.39, 0.29) is 6.61 Å². The molecule has 0 heterocycles. The Kier molecular flexibility index (Phi) is 4.84. The molecule has 1 N–H and O–H groups in total. The summed E-state index contributed by atoms with van der Waals surface area (Å²) in [5, 5.41) is 9.73. The number of aliphatic hydroxyl groups is 1. The van der Waals surface area contributed by atoms with Crippen molar-refractivity contribution in [3.05, 3.63) is 34.9 Å². The number of aliphatic hydroxyl groups excluding tert-OH is 1. The van der Waals surface area contributed by atoms with Gasteiger partial charge in [-0.25, -0.2) is 0 Å². The fourth-order valence-corrected chi connectivity index (χ4v) is 2.30. The molecular weight excluding hydrogens is 234 g/mol. The number of halogens is 1. The molecule has 1 saturated carbocycles. The predicted molar refractivity (Wildman–Crippen MR) is 71.2 cm³/mol. The Bertz CT molecular complexity index is 352. The van der Waals surface area contributed by atoms with Gasteiger partial charge >= 0.3 is 0 Å². The van der Waals surface area contributed by atoms with E-state index in [1.165, 1.54) is 18.4 Å². The maximum absolute atomic E-state index is 8.93. The fraction of sp³-hybridized carbons (Fsp3) is 0.571. The van der Waals surface area contributed by atoms with Gasteiger partial charge in [-0.2, -0.15) is 0 Å². The third-order valence-electron chi connectivity index (χ3n) is 3.14. The summed E-state index contributed by atoms with van der Waals surface area (Å²) in [5.74, 6) is 0.882. The lowest BCUT2D eigenvalue weighted by atomic mass is 10.2. The molecular formula is C14H20ClNO. The van der Waals surface area contributed by atoms with E-state index in [9.17, 15) is 0 Å². The van der Waals surface area contributed by atoms with Crippen molar-refractivity contribution in [2.75, 3.05) is 19.7 Å². The zero-order valence-corrected chi connectivity index (χ0v) is 10.9. The number of nitrogens with zero attached hydrogens (tertiary/aromatic N) is 1. The molecule has 0 unspecified atom stereocenters. The van der Waals surface area contributed by atoms with Gasteiger partial charge in [-0.3, -0.25) is 4.90 Å². The van der Waals surface area contributed by atoms with Crippen LogP contribution in [0.2, 0.25) is 5.02 Å². The summed E-state index contributed by atoms with van der Waals surface area (Å²) in [7, 11) is 0. The van der Waals surface area contributed by atoms with Crippen molar-refractivity contribution in [2.45, 2.75) is 25.8 Å². The lowest BCUT2D eigenvalue weighted by Gasteiger charge is -2.22. The maximum Gasteiger partial charge on any atom is 0.0443 e. The molecule has 3 heteroatoms. The van der Waals surface area contributed by atoms with Crippen molar-refractivity contribution >= 4 is 11.6 Å². The summed E-state index contributed by atoms with van der Waals surface area (Å²) in [5.41, 5.74) is 1.26. The van der Waals surface area contributed by atoms with E-state index in [1.807, 2.05) is 18.2 Å². The molecule has 1 fully saturated rings. The van der Waals surface area contributed by atoms with Crippen LogP contribution in [0, 0.1) is 5.92 Å². The first-order chi connectivity index (χ1) is 8.28. The number of hydrogen-bond acceptors (Lipinski definition) is 2. The Labute approximate surface area is 108 Å². The summed E-state index contributed by atoms with van der Waals surface area (Å²) in [4.78, 5) is 2.43. The number of benzene rings is 1. The Morgan fingerprint density at radius 1 is 1.35 bits per heavy atom. The molecule has 94 valence electrons. The third-order valence-corrected chi connectivity index (χ3v) is 3.38. The highest BCUT2D eigenvalue weighted by Gasteiger charge is 2.24. The summed E-state index contributed by atoms with van der Waals surface area (Å²) in [6.45, 7) is 3.35. The molecule has 0 atom stereocenters. The fourth-order valence-electron chi connectivity index (χ4n) is 2.09. The lowest BCUT2D eigenvalue weighted by Crippen LogP contribution is -2.27. The normalized spacial score (nSPS) is 15.5. The topological polar surface area (TPSA) is 23.5 Å². The largest absolute Gasteiger partial charge is 0.396 e. The van der Waals surface area contributed by atoms with Crippen LogP contribution in [-0.2, 0) is 6.54 Å². The molecule has 1 aromatic carbocycles. The Morgan fingerprint density at radius 3 is 2.82 bits per heavy atom. The van der Waals surface area contributed by atoms with Crippen LogP contribution < -0.4 is 0 Å². The molecule has 1 aromatic rings. The van der Waals surface area contributed by atoms with Crippen molar-refractivity contribution in [1.29, 1.82) is 0 Å². The SMILES string of the molecule is OCCCN(Cc1cccc(Cl)c1)CC1CC1. The van der Waals surface area contributed by atoms with E-state index in [2.05, 4.69) is 11.0 Å². The van der Waals surface area contributed by atoms with Crippen molar-refractivity contribution in [1.82, 2.24) is 4.90 Å². The van der Waals surface area contributed by atoms with Gasteiger partial charge in [0.1, 0.15) is 0 Å². The number of hydrogen-bond donors (Lipinski definition) is 1. The van der Waals surface area contributed by atoms with Crippen LogP contribution in [0.3, 0.4) is 0 Å². The standard InChI is InChI=1S/C14H20ClNO/c15-14-4-1-3-13(9-14)11-16(7-2-8-17)10-12-5-6-12/h1,3-4,9,12,17H,2,5-8,10-11H2. The molecule has 17 heavy (non-hydrogen) atoms. The summed E-state index contributed by atoms with van der Waals surface area (Å²) in [6, 6.07) is 8.05. The van der Waals surface area contributed by atoms with Crippen molar-refractivity contribution in [2.24, 2.45) is 5.92 Å². The Balaban J connectivity index is 1.90. The van der Waals surface area contributed by atoms with Crippen LogP contribution in [0.5, 0.6) is 0 Å². The minimum absolute atomic E-state index is 0.275. The third kappa shape index (κ3) is 4.66. The second kappa shape index (κ2) is 6.39. The van der Waals surface area contributed by atoms with Gasteiger partial charge in [-0.1, -0.05) is 23.7 Å².